The first-order valence-electron chi connectivity index (χ1n) is 5.73. The van der Waals surface area contributed by atoms with Crippen LogP contribution >= 0.6 is 11.6 Å². The molecule has 0 radical (unpaired) electrons. The summed E-state index contributed by atoms with van der Waals surface area (Å²) >= 11 is 5.90. The molecule has 1 aliphatic carbocycles. The van der Waals surface area contributed by atoms with Gasteiger partial charge in [0.05, 0.1) is 0 Å². The van der Waals surface area contributed by atoms with Crippen molar-refractivity contribution in [2.24, 2.45) is 0 Å². The van der Waals surface area contributed by atoms with Gasteiger partial charge in [0.25, 0.3) is 0 Å². The fraction of sp³-hybridized carbons (Fsp3) is 0.583. The minimum atomic E-state index is 0.0740. The lowest BCUT2D eigenvalue weighted by atomic mass is 10.1. The summed E-state index contributed by atoms with van der Waals surface area (Å²) in [4.78, 5) is 11.5. The molecule has 0 bridgehead atoms. The summed E-state index contributed by atoms with van der Waals surface area (Å²) in [5, 5.41) is 6.74. The molecule has 0 saturated heterocycles. The molecule has 0 aromatic heterocycles. The number of allylic oxidation sites excluding steroid dienone is 3. The van der Waals surface area contributed by atoms with E-state index in [-0.39, 0.29) is 5.91 Å². The molecule has 90 valence electrons. The number of nitrogens with one attached hydrogen (secondary N) is 2. The smallest absolute Gasteiger partial charge is 0.224 e. The minimum absolute atomic E-state index is 0.0740. The molecule has 0 aromatic carbocycles. The summed E-state index contributed by atoms with van der Waals surface area (Å²) in [6.45, 7) is 0.960. The summed E-state index contributed by atoms with van der Waals surface area (Å²) in [6.07, 6.45) is 8.14. The van der Waals surface area contributed by atoms with Crippen molar-refractivity contribution in [3.8, 4) is 0 Å². The lowest BCUT2D eigenvalue weighted by Crippen LogP contribution is -2.22. The van der Waals surface area contributed by atoms with Crippen molar-refractivity contribution >= 4 is 17.5 Å². The maximum atomic E-state index is 11.5. The van der Waals surface area contributed by atoms with Crippen LogP contribution in [0, 0.1) is 0 Å². The van der Waals surface area contributed by atoms with E-state index >= 15 is 0 Å². The highest BCUT2D eigenvalue weighted by molar-refractivity contribution is 6.29. The van der Waals surface area contributed by atoms with Crippen LogP contribution in [0.5, 0.6) is 0 Å². The molecule has 2 N–H and O–H groups in total. The minimum Gasteiger partial charge on any atom is -0.326 e. The zero-order chi connectivity index (χ0) is 11.8. The van der Waals surface area contributed by atoms with Crippen molar-refractivity contribution in [3.63, 3.8) is 0 Å². The third-order valence-electron chi connectivity index (χ3n) is 2.42. The van der Waals surface area contributed by atoms with E-state index < -0.39 is 0 Å². The summed E-state index contributed by atoms with van der Waals surface area (Å²) < 4.78 is 0. The monoisotopic (exact) mass is 242 g/mol. The fourth-order valence-corrected chi connectivity index (χ4v) is 1.79. The molecule has 0 saturated carbocycles. The molecular formula is C12H19ClN2O. The molecule has 0 aromatic rings. The van der Waals surface area contributed by atoms with Gasteiger partial charge in [0.1, 0.15) is 0 Å². The van der Waals surface area contributed by atoms with Crippen LogP contribution in [0.4, 0.5) is 0 Å². The van der Waals surface area contributed by atoms with E-state index in [1.54, 1.807) is 0 Å². The van der Waals surface area contributed by atoms with Gasteiger partial charge in [-0.2, -0.15) is 0 Å². The Morgan fingerprint density at radius 2 is 2.31 bits per heavy atom. The molecule has 0 fully saturated rings. The Morgan fingerprint density at radius 1 is 1.50 bits per heavy atom. The molecule has 1 aliphatic rings. The molecule has 0 spiro atoms. The summed E-state index contributed by atoms with van der Waals surface area (Å²) in [5.74, 6) is 0.0740. The van der Waals surface area contributed by atoms with Crippen molar-refractivity contribution in [2.75, 3.05) is 13.6 Å². The van der Waals surface area contributed by atoms with Crippen molar-refractivity contribution in [3.05, 3.63) is 22.9 Å². The number of hydrogen-bond acceptors (Lipinski definition) is 2. The summed E-state index contributed by atoms with van der Waals surface area (Å²) in [5.41, 5.74) is 0.842. The highest BCUT2D eigenvalue weighted by Gasteiger charge is 2.06. The van der Waals surface area contributed by atoms with Crippen LogP contribution in [0.15, 0.2) is 22.9 Å². The van der Waals surface area contributed by atoms with Crippen molar-refractivity contribution in [1.29, 1.82) is 0 Å². The van der Waals surface area contributed by atoms with E-state index in [0.717, 1.165) is 43.0 Å². The molecule has 1 amide bonds. The first-order chi connectivity index (χ1) is 7.72. The fourth-order valence-electron chi connectivity index (χ4n) is 1.56. The summed E-state index contributed by atoms with van der Waals surface area (Å²) in [7, 11) is 1.92. The molecule has 1 rings (SSSR count). The highest BCUT2D eigenvalue weighted by Crippen LogP contribution is 2.18. The van der Waals surface area contributed by atoms with Gasteiger partial charge in [0.2, 0.25) is 5.91 Å². The molecule has 0 atom stereocenters. The topological polar surface area (TPSA) is 41.1 Å². The quantitative estimate of drug-likeness (QED) is 0.702. The largest absolute Gasteiger partial charge is 0.326 e. The SMILES string of the molecule is CNCCCCC(=O)NC1=CCCC(Cl)=C1. The number of rotatable bonds is 6. The normalized spacial score (nSPS) is 15.4. The molecule has 4 heteroatoms. The van der Waals surface area contributed by atoms with Gasteiger partial charge in [0, 0.05) is 17.2 Å². The molecule has 16 heavy (non-hydrogen) atoms. The van der Waals surface area contributed by atoms with Gasteiger partial charge in [-0.25, -0.2) is 0 Å². The van der Waals surface area contributed by atoms with Gasteiger partial charge in [-0.1, -0.05) is 17.7 Å². The maximum absolute atomic E-state index is 11.5. The predicted molar refractivity (Wildman–Crippen MR) is 67.2 cm³/mol. The second kappa shape index (κ2) is 7.47. The Kier molecular flexibility index (Phi) is 6.19. The van der Waals surface area contributed by atoms with E-state index in [1.807, 2.05) is 19.2 Å². The standard InChI is InChI=1S/C12H19ClN2O/c1-14-8-3-2-7-12(16)15-11-6-4-5-10(13)9-11/h6,9,14H,2-5,7-8H2,1H3,(H,15,16). The van der Waals surface area contributed by atoms with Gasteiger partial charge in [-0.15, -0.1) is 0 Å². The van der Waals surface area contributed by atoms with Crippen molar-refractivity contribution in [2.45, 2.75) is 32.1 Å². The third kappa shape index (κ3) is 5.33. The lowest BCUT2D eigenvalue weighted by molar-refractivity contribution is -0.120. The van der Waals surface area contributed by atoms with Gasteiger partial charge in [0.15, 0.2) is 0 Å². The third-order valence-corrected chi connectivity index (χ3v) is 2.72. The first-order valence-corrected chi connectivity index (χ1v) is 6.11. The number of hydrogen-bond donors (Lipinski definition) is 2. The first kappa shape index (κ1) is 13.3. The zero-order valence-electron chi connectivity index (χ0n) is 9.68. The molecule has 3 nitrogen and oxygen atoms in total. The molecular weight excluding hydrogens is 224 g/mol. The van der Waals surface area contributed by atoms with Crippen LogP contribution in [0.2, 0.25) is 0 Å². The maximum Gasteiger partial charge on any atom is 0.224 e. The van der Waals surface area contributed by atoms with Crippen LogP contribution in [0.1, 0.15) is 32.1 Å². The molecule has 0 unspecified atom stereocenters. The molecule has 0 heterocycles. The molecule has 0 aliphatic heterocycles. The number of unbranched alkanes of at least 4 members (excludes halogenated alkanes) is 1. The van der Waals surface area contributed by atoms with E-state index in [1.165, 1.54) is 0 Å². The van der Waals surface area contributed by atoms with E-state index in [2.05, 4.69) is 10.6 Å². The average Bonchev–Trinajstić information content (AvgIpc) is 2.24. The number of carbonyl (C=O) groups excluding carboxylic acids is 1. The van der Waals surface area contributed by atoms with Crippen molar-refractivity contribution in [1.82, 2.24) is 10.6 Å². The van der Waals surface area contributed by atoms with Crippen LogP contribution in [0.3, 0.4) is 0 Å². The van der Waals surface area contributed by atoms with Gasteiger partial charge < -0.3 is 10.6 Å². The van der Waals surface area contributed by atoms with E-state index in [9.17, 15) is 4.79 Å². The van der Waals surface area contributed by atoms with Gasteiger partial charge in [-0.3, -0.25) is 4.79 Å². The summed E-state index contributed by atoms with van der Waals surface area (Å²) in [6, 6.07) is 0. The van der Waals surface area contributed by atoms with Crippen molar-refractivity contribution < 1.29 is 4.79 Å². The Hall–Kier alpha value is -0.800. The second-order valence-corrected chi connectivity index (χ2v) is 4.38. The number of carbonyl (C=O) groups is 1. The van der Waals surface area contributed by atoms with Crippen LogP contribution in [-0.4, -0.2) is 19.5 Å². The Bertz CT molecular complexity index is 297. The van der Waals surface area contributed by atoms with Crippen LogP contribution in [0.25, 0.3) is 0 Å². The Labute approximate surface area is 102 Å². The highest BCUT2D eigenvalue weighted by atomic mass is 35.5. The Morgan fingerprint density at radius 3 is 3.00 bits per heavy atom. The predicted octanol–water partition coefficient (Wildman–Crippen LogP) is 2.29. The van der Waals surface area contributed by atoms with E-state index in [0.29, 0.717) is 6.42 Å². The average molecular weight is 243 g/mol. The second-order valence-electron chi connectivity index (χ2n) is 3.90. The lowest BCUT2D eigenvalue weighted by Gasteiger charge is -2.10. The van der Waals surface area contributed by atoms with E-state index in [4.69, 9.17) is 11.6 Å². The Balaban J connectivity index is 2.21. The number of halogens is 1. The van der Waals surface area contributed by atoms with Gasteiger partial charge in [-0.05, 0) is 45.4 Å². The van der Waals surface area contributed by atoms with Gasteiger partial charge >= 0.3 is 0 Å². The zero-order valence-corrected chi connectivity index (χ0v) is 10.4. The van der Waals surface area contributed by atoms with Crippen LogP contribution < -0.4 is 10.6 Å². The number of amides is 1. The van der Waals surface area contributed by atoms with Crippen LogP contribution in [-0.2, 0) is 4.79 Å².